The number of likely N-dealkylation sites (tertiary alicyclic amines) is 1. The fourth-order valence-electron chi connectivity index (χ4n) is 4.50. The van der Waals surface area contributed by atoms with E-state index in [-0.39, 0.29) is 5.60 Å². The zero-order chi connectivity index (χ0) is 15.3. The average Bonchev–Trinajstić information content (AvgIpc) is 2.49. The molecule has 1 saturated heterocycles. The van der Waals surface area contributed by atoms with Crippen LogP contribution in [0.4, 0.5) is 0 Å². The van der Waals surface area contributed by atoms with Crippen LogP contribution in [0.5, 0.6) is 0 Å². The van der Waals surface area contributed by atoms with Gasteiger partial charge in [-0.3, -0.25) is 4.90 Å². The number of likely N-dealkylation sites (N-methyl/N-ethyl adjacent to an activating group) is 1. The third-order valence-electron chi connectivity index (χ3n) is 5.74. The number of piperidine rings is 1. The summed E-state index contributed by atoms with van der Waals surface area (Å²) in [6, 6.07) is 1.40. The summed E-state index contributed by atoms with van der Waals surface area (Å²) in [6.45, 7) is 10.3. The number of nitrogens with zero attached hydrogens (tertiary/aromatic N) is 1. The second kappa shape index (κ2) is 7.94. The molecule has 1 saturated carbocycles. The maximum atomic E-state index is 5.81. The first-order valence-corrected chi connectivity index (χ1v) is 9.14. The van der Waals surface area contributed by atoms with Crippen molar-refractivity contribution in [3.63, 3.8) is 0 Å². The van der Waals surface area contributed by atoms with Crippen molar-refractivity contribution in [2.75, 3.05) is 26.7 Å². The molecule has 21 heavy (non-hydrogen) atoms. The molecule has 1 aliphatic heterocycles. The predicted molar refractivity (Wildman–Crippen MR) is 89.7 cm³/mol. The van der Waals surface area contributed by atoms with Crippen molar-refractivity contribution >= 4 is 0 Å². The third kappa shape index (κ3) is 4.43. The van der Waals surface area contributed by atoms with Crippen LogP contribution in [0.3, 0.4) is 0 Å². The number of methoxy groups -OCH3 is 1. The van der Waals surface area contributed by atoms with Crippen molar-refractivity contribution in [2.45, 2.75) is 83.4 Å². The SMILES string of the molecule is CCCC1CCC(NCC)C(N2CCCC(C)(OC)C2)C1. The van der Waals surface area contributed by atoms with Crippen LogP contribution in [-0.4, -0.2) is 49.3 Å². The molecule has 0 spiro atoms. The van der Waals surface area contributed by atoms with E-state index in [4.69, 9.17) is 4.74 Å². The highest BCUT2D eigenvalue weighted by Gasteiger charge is 2.39. The van der Waals surface area contributed by atoms with Crippen LogP contribution >= 0.6 is 0 Å². The van der Waals surface area contributed by atoms with Crippen LogP contribution in [-0.2, 0) is 4.74 Å². The first-order chi connectivity index (χ1) is 10.1. The summed E-state index contributed by atoms with van der Waals surface area (Å²) in [5.41, 5.74) is 0.0622. The van der Waals surface area contributed by atoms with Crippen LogP contribution in [0.25, 0.3) is 0 Å². The summed E-state index contributed by atoms with van der Waals surface area (Å²) in [7, 11) is 1.88. The summed E-state index contributed by atoms with van der Waals surface area (Å²) in [5.74, 6) is 0.936. The minimum Gasteiger partial charge on any atom is -0.377 e. The molecule has 124 valence electrons. The van der Waals surface area contributed by atoms with E-state index in [9.17, 15) is 0 Å². The van der Waals surface area contributed by atoms with Crippen molar-refractivity contribution in [3.05, 3.63) is 0 Å². The fourth-order valence-corrected chi connectivity index (χ4v) is 4.50. The number of ether oxygens (including phenoxy) is 1. The molecule has 2 fully saturated rings. The van der Waals surface area contributed by atoms with Crippen molar-refractivity contribution < 1.29 is 4.74 Å². The van der Waals surface area contributed by atoms with Gasteiger partial charge in [0.15, 0.2) is 0 Å². The molecule has 0 aromatic rings. The number of rotatable bonds is 6. The quantitative estimate of drug-likeness (QED) is 0.812. The standard InChI is InChI=1S/C18H36N2O/c1-5-8-15-9-10-16(19-6-2)17(13-15)20-12-7-11-18(3,14-20)21-4/h15-17,19H,5-14H2,1-4H3. The summed E-state index contributed by atoms with van der Waals surface area (Å²) >= 11 is 0. The molecular weight excluding hydrogens is 260 g/mol. The molecule has 2 rings (SSSR count). The Kier molecular flexibility index (Phi) is 6.51. The highest BCUT2D eigenvalue weighted by molar-refractivity contribution is 4.95. The molecule has 1 N–H and O–H groups in total. The summed E-state index contributed by atoms with van der Waals surface area (Å²) in [4.78, 5) is 2.74. The molecule has 2 aliphatic rings. The smallest absolute Gasteiger partial charge is 0.0777 e. The van der Waals surface area contributed by atoms with Gasteiger partial charge >= 0.3 is 0 Å². The van der Waals surface area contributed by atoms with Crippen LogP contribution in [0.15, 0.2) is 0 Å². The molecule has 4 unspecified atom stereocenters. The van der Waals surface area contributed by atoms with E-state index in [0.717, 1.165) is 19.0 Å². The highest BCUT2D eigenvalue weighted by atomic mass is 16.5. The van der Waals surface area contributed by atoms with Crippen molar-refractivity contribution in [1.29, 1.82) is 0 Å². The van der Waals surface area contributed by atoms with Crippen LogP contribution in [0.1, 0.15) is 65.7 Å². The maximum absolute atomic E-state index is 5.81. The molecule has 0 aromatic heterocycles. The van der Waals surface area contributed by atoms with E-state index in [0.29, 0.717) is 12.1 Å². The van der Waals surface area contributed by atoms with E-state index in [2.05, 4.69) is 31.0 Å². The lowest BCUT2D eigenvalue weighted by atomic mass is 9.78. The molecule has 3 heteroatoms. The fraction of sp³-hybridized carbons (Fsp3) is 1.00. The molecule has 3 nitrogen and oxygen atoms in total. The van der Waals surface area contributed by atoms with Crippen molar-refractivity contribution in [2.24, 2.45) is 5.92 Å². The van der Waals surface area contributed by atoms with Gasteiger partial charge in [-0.05, 0) is 58.0 Å². The average molecular weight is 296 g/mol. The van der Waals surface area contributed by atoms with Gasteiger partial charge in [0.1, 0.15) is 0 Å². The van der Waals surface area contributed by atoms with E-state index in [1.807, 2.05) is 7.11 Å². The lowest BCUT2D eigenvalue weighted by Gasteiger charge is -2.48. The van der Waals surface area contributed by atoms with Crippen LogP contribution < -0.4 is 5.32 Å². The topological polar surface area (TPSA) is 24.5 Å². The molecule has 4 atom stereocenters. The molecule has 1 aliphatic carbocycles. The van der Waals surface area contributed by atoms with Crippen LogP contribution in [0.2, 0.25) is 0 Å². The first-order valence-electron chi connectivity index (χ1n) is 9.14. The minimum absolute atomic E-state index is 0.0622. The molecule has 0 bridgehead atoms. The summed E-state index contributed by atoms with van der Waals surface area (Å²) < 4.78 is 5.81. The Bertz CT molecular complexity index is 310. The molecular formula is C18H36N2O. The Hall–Kier alpha value is -0.120. The van der Waals surface area contributed by atoms with Crippen LogP contribution in [0, 0.1) is 5.92 Å². The van der Waals surface area contributed by atoms with E-state index >= 15 is 0 Å². The third-order valence-corrected chi connectivity index (χ3v) is 5.74. The minimum atomic E-state index is 0.0622. The van der Waals surface area contributed by atoms with Gasteiger partial charge in [0, 0.05) is 25.7 Å². The summed E-state index contributed by atoms with van der Waals surface area (Å²) in [6.07, 6.45) is 9.37. The Morgan fingerprint density at radius 3 is 2.76 bits per heavy atom. The van der Waals surface area contributed by atoms with Gasteiger partial charge in [-0.2, -0.15) is 0 Å². The van der Waals surface area contributed by atoms with Gasteiger partial charge in [-0.15, -0.1) is 0 Å². The van der Waals surface area contributed by atoms with Gasteiger partial charge in [-0.1, -0.05) is 26.7 Å². The zero-order valence-electron chi connectivity index (χ0n) is 14.7. The van der Waals surface area contributed by atoms with Gasteiger partial charge in [0.2, 0.25) is 0 Å². The number of hydrogen-bond donors (Lipinski definition) is 1. The second-order valence-electron chi connectivity index (χ2n) is 7.43. The first kappa shape index (κ1) is 17.2. The van der Waals surface area contributed by atoms with Gasteiger partial charge < -0.3 is 10.1 Å². The Labute approximate surface area is 131 Å². The molecule has 0 amide bonds. The lowest BCUT2D eigenvalue weighted by molar-refractivity contribution is -0.0711. The lowest BCUT2D eigenvalue weighted by Crippen LogP contribution is -2.59. The Balaban J connectivity index is 2.03. The van der Waals surface area contributed by atoms with Gasteiger partial charge in [-0.25, -0.2) is 0 Å². The van der Waals surface area contributed by atoms with E-state index in [1.54, 1.807) is 0 Å². The second-order valence-corrected chi connectivity index (χ2v) is 7.43. The molecule has 0 aromatic carbocycles. The normalized spacial score (nSPS) is 38.6. The van der Waals surface area contributed by atoms with Gasteiger partial charge in [0.05, 0.1) is 5.60 Å². The zero-order valence-corrected chi connectivity index (χ0v) is 14.7. The number of hydrogen-bond acceptors (Lipinski definition) is 3. The summed E-state index contributed by atoms with van der Waals surface area (Å²) in [5, 5.41) is 3.76. The van der Waals surface area contributed by atoms with Crippen molar-refractivity contribution in [3.8, 4) is 0 Å². The monoisotopic (exact) mass is 296 g/mol. The van der Waals surface area contributed by atoms with E-state index < -0.39 is 0 Å². The van der Waals surface area contributed by atoms with Crippen molar-refractivity contribution in [1.82, 2.24) is 10.2 Å². The number of nitrogens with one attached hydrogen (secondary N) is 1. The molecule has 1 heterocycles. The Morgan fingerprint density at radius 1 is 1.29 bits per heavy atom. The predicted octanol–water partition coefficient (Wildman–Crippen LogP) is 3.43. The Morgan fingerprint density at radius 2 is 2.10 bits per heavy atom. The maximum Gasteiger partial charge on any atom is 0.0777 e. The van der Waals surface area contributed by atoms with Gasteiger partial charge in [0.25, 0.3) is 0 Å². The van der Waals surface area contributed by atoms with E-state index in [1.165, 1.54) is 51.5 Å². The largest absolute Gasteiger partial charge is 0.377 e. The molecule has 0 radical (unpaired) electrons. The highest BCUT2D eigenvalue weighted by Crippen LogP contribution is 2.34.